The van der Waals surface area contributed by atoms with Crippen LogP contribution in [0, 0.1) is 6.92 Å². The average molecular weight is 388 g/mol. The fourth-order valence-electron chi connectivity index (χ4n) is 2.22. The molecule has 1 unspecified atom stereocenters. The predicted octanol–water partition coefficient (Wildman–Crippen LogP) is 3.25. The van der Waals surface area contributed by atoms with Crippen molar-refractivity contribution in [3.05, 3.63) is 64.5 Å². The van der Waals surface area contributed by atoms with Crippen molar-refractivity contribution in [2.75, 3.05) is 0 Å². The molecule has 150 valence electrons. The highest BCUT2D eigenvalue weighted by molar-refractivity contribution is 5.81. The van der Waals surface area contributed by atoms with Gasteiger partial charge in [0.05, 0.1) is 6.10 Å². The summed E-state index contributed by atoms with van der Waals surface area (Å²) in [6, 6.07) is 12.0. The summed E-state index contributed by atoms with van der Waals surface area (Å²) in [5.41, 5.74) is 0.881. The van der Waals surface area contributed by atoms with Gasteiger partial charge in [-0.2, -0.15) is 0 Å². The summed E-state index contributed by atoms with van der Waals surface area (Å²) in [4.78, 5) is 21.1. The molecule has 1 atom stereocenters. The lowest BCUT2D eigenvalue weighted by Gasteiger charge is -1.99. The topological polar surface area (TPSA) is 128 Å². The molecule has 0 saturated carbocycles. The van der Waals surface area contributed by atoms with Gasteiger partial charge in [-0.15, -0.1) is 0 Å². The molecule has 3 rings (SSSR count). The number of phenols is 3. The lowest BCUT2D eigenvalue weighted by Crippen LogP contribution is -2.04. The molecule has 0 aliphatic rings. The molecule has 4 N–H and O–H groups in total. The first-order valence-electron chi connectivity index (χ1n) is 8.47. The SMILES string of the molecule is CC(=O)CC(C)O.Cc1cc(=O)oc2cc(O)ccc12.Oc1cccc(O)c1. The number of hydrogen-bond donors (Lipinski definition) is 4. The predicted molar refractivity (Wildman–Crippen MR) is 106 cm³/mol. The minimum atomic E-state index is -0.475. The number of carbonyl (C=O) groups excluding carboxylic acids is 1. The van der Waals surface area contributed by atoms with Crippen molar-refractivity contribution in [3.8, 4) is 17.2 Å². The summed E-state index contributed by atoms with van der Waals surface area (Å²) >= 11 is 0. The molecule has 3 aromatic rings. The van der Waals surface area contributed by atoms with E-state index in [1.165, 1.54) is 37.3 Å². The van der Waals surface area contributed by atoms with Gasteiger partial charge in [0, 0.05) is 30.0 Å². The van der Waals surface area contributed by atoms with Crippen LogP contribution >= 0.6 is 0 Å². The molecule has 0 radical (unpaired) electrons. The monoisotopic (exact) mass is 388 g/mol. The van der Waals surface area contributed by atoms with Crippen LogP contribution in [0.15, 0.2) is 57.7 Å². The van der Waals surface area contributed by atoms with E-state index >= 15 is 0 Å². The third-order valence-electron chi connectivity index (χ3n) is 3.35. The summed E-state index contributed by atoms with van der Waals surface area (Å²) in [5.74, 6) is 0.311. The number of Topliss-reactive ketones (excluding diaryl/α,β-unsaturated/α-hetero) is 1. The standard InChI is InChI=1S/C10H8O3.C6H6O2.C5H10O2/c1-6-4-10(12)13-9-5-7(11)2-3-8(6)9;7-5-2-1-3-6(8)4-5;1-4(6)3-5(2)7/h2-5,11H,1H3;1-4,7-8H;4,6H,3H2,1-2H3. The highest BCUT2D eigenvalue weighted by Crippen LogP contribution is 2.20. The van der Waals surface area contributed by atoms with Crippen LogP contribution in [-0.4, -0.2) is 32.3 Å². The minimum Gasteiger partial charge on any atom is -0.508 e. The Morgan fingerprint density at radius 1 is 1.00 bits per heavy atom. The molecule has 7 heteroatoms. The minimum absolute atomic E-state index is 0.0370. The number of aliphatic hydroxyl groups excluding tert-OH is 1. The van der Waals surface area contributed by atoms with E-state index in [0.29, 0.717) is 5.58 Å². The average Bonchev–Trinajstić information content (AvgIpc) is 2.53. The Bertz CT molecular complexity index is 957. The summed E-state index contributed by atoms with van der Waals surface area (Å²) < 4.78 is 4.91. The van der Waals surface area contributed by atoms with Crippen molar-refractivity contribution in [2.45, 2.75) is 33.3 Å². The normalized spacial score (nSPS) is 10.9. The fourth-order valence-corrected chi connectivity index (χ4v) is 2.22. The van der Waals surface area contributed by atoms with Crippen molar-refractivity contribution in [1.82, 2.24) is 0 Å². The van der Waals surface area contributed by atoms with Crippen LogP contribution < -0.4 is 5.63 Å². The van der Waals surface area contributed by atoms with Crippen molar-refractivity contribution < 1.29 is 29.6 Å². The lowest BCUT2D eigenvalue weighted by atomic mass is 10.1. The van der Waals surface area contributed by atoms with E-state index in [2.05, 4.69) is 0 Å². The molecule has 0 fully saturated rings. The number of fused-ring (bicyclic) bond motifs is 1. The van der Waals surface area contributed by atoms with Gasteiger partial charge in [-0.3, -0.25) is 4.79 Å². The number of aromatic hydroxyl groups is 3. The Morgan fingerprint density at radius 3 is 2.00 bits per heavy atom. The van der Waals surface area contributed by atoms with Gasteiger partial charge in [-0.05, 0) is 50.6 Å². The highest BCUT2D eigenvalue weighted by atomic mass is 16.4. The lowest BCUT2D eigenvalue weighted by molar-refractivity contribution is -0.118. The zero-order valence-corrected chi connectivity index (χ0v) is 15.9. The van der Waals surface area contributed by atoms with Gasteiger partial charge in [0.2, 0.25) is 0 Å². The third kappa shape index (κ3) is 8.37. The van der Waals surface area contributed by atoms with E-state index in [1.807, 2.05) is 6.92 Å². The van der Waals surface area contributed by atoms with Crippen LogP contribution in [0.25, 0.3) is 11.0 Å². The molecular weight excluding hydrogens is 364 g/mol. The van der Waals surface area contributed by atoms with Gasteiger partial charge in [0.25, 0.3) is 0 Å². The van der Waals surface area contributed by atoms with Crippen LogP contribution in [-0.2, 0) is 4.79 Å². The number of carbonyl (C=O) groups is 1. The highest BCUT2D eigenvalue weighted by Gasteiger charge is 2.01. The summed E-state index contributed by atoms with van der Waals surface area (Å²) in [5, 5.41) is 35.8. The zero-order chi connectivity index (χ0) is 21.3. The van der Waals surface area contributed by atoms with Crippen LogP contribution in [0.4, 0.5) is 0 Å². The zero-order valence-electron chi connectivity index (χ0n) is 15.9. The summed E-state index contributed by atoms with van der Waals surface area (Å²) in [6.07, 6.45) is -0.197. The Hall–Kier alpha value is -3.32. The molecule has 0 aliphatic carbocycles. The van der Waals surface area contributed by atoms with Crippen molar-refractivity contribution in [2.24, 2.45) is 0 Å². The van der Waals surface area contributed by atoms with Crippen LogP contribution in [0.1, 0.15) is 25.8 Å². The smallest absolute Gasteiger partial charge is 0.336 e. The van der Waals surface area contributed by atoms with Crippen molar-refractivity contribution in [1.29, 1.82) is 0 Å². The second kappa shape index (κ2) is 10.7. The maximum atomic E-state index is 11.0. The quantitative estimate of drug-likeness (QED) is 0.496. The number of ketones is 1. The van der Waals surface area contributed by atoms with E-state index in [9.17, 15) is 9.59 Å². The molecule has 2 aromatic carbocycles. The number of phenolic OH excluding ortho intramolecular Hbond substituents is 3. The number of benzene rings is 2. The van der Waals surface area contributed by atoms with E-state index in [-0.39, 0.29) is 29.5 Å². The first-order valence-corrected chi connectivity index (χ1v) is 8.47. The molecule has 7 nitrogen and oxygen atoms in total. The molecule has 0 saturated heterocycles. The molecule has 0 bridgehead atoms. The number of rotatable bonds is 2. The first kappa shape index (κ1) is 22.7. The number of hydrogen-bond acceptors (Lipinski definition) is 7. The molecule has 0 amide bonds. The first-order chi connectivity index (χ1) is 13.1. The van der Waals surface area contributed by atoms with Gasteiger partial charge < -0.3 is 24.8 Å². The molecule has 28 heavy (non-hydrogen) atoms. The maximum absolute atomic E-state index is 11.0. The van der Waals surface area contributed by atoms with Crippen LogP contribution in [0.5, 0.6) is 17.2 Å². The Kier molecular flexibility index (Phi) is 8.71. The van der Waals surface area contributed by atoms with Gasteiger partial charge in [0.15, 0.2) is 0 Å². The van der Waals surface area contributed by atoms with Gasteiger partial charge in [-0.25, -0.2) is 4.79 Å². The summed E-state index contributed by atoms with van der Waals surface area (Å²) in [7, 11) is 0. The second-order valence-electron chi connectivity index (χ2n) is 6.20. The Morgan fingerprint density at radius 2 is 1.57 bits per heavy atom. The van der Waals surface area contributed by atoms with E-state index in [0.717, 1.165) is 10.9 Å². The van der Waals surface area contributed by atoms with E-state index in [4.69, 9.17) is 24.8 Å². The van der Waals surface area contributed by atoms with Crippen LogP contribution in [0.3, 0.4) is 0 Å². The second-order valence-corrected chi connectivity index (χ2v) is 6.20. The number of aryl methyl sites for hydroxylation is 1. The Labute approximate surface area is 162 Å². The Balaban J connectivity index is 0.000000227. The van der Waals surface area contributed by atoms with Gasteiger partial charge in [-0.1, -0.05) is 6.07 Å². The van der Waals surface area contributed by atoms with Crippen LogP contribution in [0.2, 0.25) is 0 Å². The third-order valence-corrected chi connectivity index (χ3v) is 3.35. The maximum Gasteiger partial charge on any atom is 0.336 e. The van der Waals surface area contributed by atoms with E-state index < -0.39 is 11.7 Å². The van der Waals surface area contributed by atoms with Gasteiger partial charge >= 0.3 is 5.63 Å². The molecular formula is C21H24O7. The number of aliphatic hydroxyl groups is 1. The fraction of sp³-hybridized carbons (Fsp3) is 0.238. The molecule has 1 heterocycles. The van der Waals surface area contributed by atoms with Gasteiger partial charge in [0.1, 0.15) is 28.6 Å². The van der Waals surface area contributed by atoms with Crippen molar-refractivity contribution >= 4 is 16.8 Å². The molecule has 0 aliphatic heterocycles. The molecule has 0 spiro atoms. The largest absolute Gasteiger partial charge is 0.508 e. The van der Waals surface area contributed by atoms with Crippen molar-refractivity contribution in [3.63, 3.8) is 0 Å². The molecule has 1 aromatic heterocycles. The van der Waals surface area contributed by atoms with E-state index in [1.54, 1.807) is 25.1 Å². The summed E-state index contributed by atoms with van der Waals surface area (Å²) in [6.45, 7) is 4.89.